The average molecular weight is 686 g/mol. The van der Waals surface area contributed by atoms with Crippen LogP contribution in [0.3, 0.4) is 0 Å². The maximum absolute atomic E-state index is 14.4. The van der Waals surface area contributed by atoms with Crippen molar-refractivity contribution in [2.24, 2.45) is 5.92 Å². The fraction of sp³-hybridized carbons (Fsp3) is 0.531. The predicted octanol–water partition coefficient (Wildman–Crippen LogP) is 3.59. The minimum Gasteiger partial charge on any atom is -0.465 e. The van der Waals surface area contributed by atoms with Gasteiger partial charge in [0.2, 0.25) is 0 Å². The van der Waals surface area contributed by atoms with Gasteiger partial charge in [0, 0.05) is 13.8 Å². The van der Waals surface area contributed by atoms with Crippen molar-refractivity contribution < 1.29 is 46.9 Å². The lowest BCUT2D eigenvalue weighted by molar-refractivity contribution is -0.168. The largest absolute Gasteiger partial charge is 0.465 e. The first-order valence-electron chi connectivity index (χ1n) is 15.9. The lowest BCUT2D eigenvalue weighted by Gasteiger charge is -2.62. The molecule has 1 aromatic carbocycles. The van der Waals surface area contributed by atoms with Gasteiger partial charge in [-0.3, -0.25) is 18.9 Å². The molecule has 7 rings (SSSR count). The summed E-state index contributed by atoms with van der Waals surface area (Å²) in [5, 5.41) is 6.95. The van der Waals surface area contributed by atoms with Gasteiger partial charge >= 0.3 is 25.7 Å². The molecule has 258 valence electrons. The number of aromatic nitrogens is 3. The molecule has 3 saturated carbocycles. The second kappa shape index (κ2) is 12.8. The molecule has 0 radical (unpaired) electrons. The van der Waals surface area contributed by atoms with Crippen LogP contribution in [0.1, 0.15) is 65.1 Å². The van der Waals surface area contributed by atoms with Gasteiger partial charge in [-0.05, 0) is 81.2 Å². The Kier molecular flexibility index (Phi) is 9.00. The van der Waals surface area contributed by atoms with Crippen molar-refractivity contribution in [2.75, 3.05) is 18.9 Å². The zero-order valence-corrected chi connectivity index (χ0v) is 28.3. The molecule has 1 unspecified atom stereocenters. The van der Waals surface area contributed by atoms with Crippen LogP contribution >= 0.6 is 7.75 Å². The van der Waals surface area contributed by atoms with E-state index in [1.165, 1.54) is 56.4 Å². The molecule has 16 heteroatoms. The highest BCUT2D eigenvalue weighted by atomic mass is 31.2. The summed E-state index contributed by atoms with van der Waals surface area (Å²) in [6, 6.07) is 9.61. The van der Waals surface area contributed by atoms with E-state index in [9.17, 15) is 18.9 Å². The summed E-state index contributed by atoms with van der Waals surface area (Å²) in [4.78, 5) is 41.2. The fourth-order valence-electron chi connectivity index (χ4n) is 6.97. The number of rotatable bonds is 13. The smallest absolute Gasteiger partial charge is 0.459 e. The van der Waals surface area contributed by atoms with Crippen molar-refractivity contribution in [1.82, 2.24) is 19.7 Å². The molecule has 1 aliphatic heterocycles. The SMILES string of the molecule is CCOC(=O)[C@H](C)NP(=O)(OC[C@H]1O[C@@](C)(c2ccc3c(N)ncnn23)[C@H](OC(C)=O)[C@@H]1OC(C)=O)Oc1ccc(C23CC(C2)C3)cc1. The minimum absolute atomic E-state index is 0.113. The van der Waals surface area contributed by atoms with E-state index in [-0.39, 0.29) is 23.6 Å². The van der Waals surface area contributed by atoms with Crippen LogP contribution in [0.4, 0.5) is 5.82 Å². The van der Waals surface area contributed by atoms with Gasteiger partial charge in [0.05, 0.1) is 18.9 Å². The molecule has 3 N–H and O–H groups in total. The molecule has 3 aromatic rings. The molecule has 4 aliphatic rings. The number of ether oxygens (including phenoxy) is 4. The van der Waals surface area contributed by atoms with Gasteiger partial charge in [-0.25, -0.2) is 14.1 Å². The van der Waals surface area contributed by atoms with Crippen LogP contribution in [-0.2, 0) is 53.4 Å². The van der Waals surface area contributed by atoms with E-state index < -0.39 is 62.2 Å². The monoisotopic (exact) mass is 685 g/mol. The number of fused-ring (bicyclic) bond motifs is 1. The molecule has 2 bridgehead atoms. The van der Waals surface area contributed by atoms with Gasteiger partial charge < -0.3 is 29.2 Å². The van der Waals surface area contributed by atoms with Gasteiger partial charge in [-0.2, -0.15) is 10.2 Å². The van der Waals surface area contributed by atoms with E-state index in [2.05, 4.69) is 15.2 Å². The van der Waals surface area contributed by atoms with Crippen molar-refractivity contribution in [3.8, 4) is 5.75 Å². The van der Waals surface area contributed by atoms with E-state index >= 15 is 0 Å². The highest BCUT2D eigenvalue weighted by molar-refractivity contribution is 7.52. The molecule has 3 aliphatic carbocycles. The summed E-state index contributed by atoms with van der Waals surface area (Å²) in [5.74, 6) is -0.746. The number of hydrogen-bond acceptors (Lipinski definition) is 13. The zero-order valence-electron chi connectivity index (χ0n) is 27.4. The van der Waals surface area contributed by atoms with Crippen LogP contribution in [0.15, 0.2) is 42.7 Å². The van der Waals surface area contributed by atoms with Crippen molar-refractivity contribution in [3.63, 3.8) is 0 Å². The third-order valence-corrected chi connectivity index (χ3v) is 11.0. The Morgan fingerprint density at radius 2 is 1.79 bits per heavy atom. The Morgan fingerprint density at radius 3 is 2.40 bits per heavy atom. The number of nitrogens with zero attached hydrogens (tertiary/aromatic N) is 3. The maximum Gasteiger partial charge on any atom is 0.459 e. The van der Waals surface area contributed by atoms with Crippen LogP contribution < -0.4 is 15.3 Å². The standard InChI is InChI=1S/C32H40N5O10P/c1-6-42-30(40)18(2)36-48(41,47-23-9-7-22(8-10-23)32-13-21(14-32)15-32)43-16-25-27(44-19(3)38)28(45-20(4)39)31(5,46-25)26-12-11-24-29(33)34-17-35-37(24)26/h7-12,17-18,21,25,27-28H,6,13-16H2,1-5H3,(H,36,41)(H2,33,34,35)/t18-,21?,25+,27+,28+,31-,32?,48?/m0/s1. The number of nitrogen functional groups attached to an aromatic ring is 1. The molecular weight excluding hydrogens is 645 g/mol. The number of benzene rings is 1. The van der Waals surface area contributed by atoms with Crippen LogP contribution in [-0.4, -0.2) is 70.1 Å². The van der Waals surface area contributed by atoms with Gasteiger partial charge in [-0.15, -0.1) is 0 Å². The molecule has 48 heavy (non-hydrogen) atoms. The van der Waals surface area contributed by atoms with Crippen molar-refractivity contribution in [3.05, 3.63) is 54.0 Å². The fourth-order valence-corrected chi connectivity index (χ4v) is 8.47. The number of nitrogens with two attached hydrogens (primary N) is 1. The summed E-state index contributed by atoms with van der Waals surface area (Å²) in [6.07, 6.45) is 1.22. The quantitative estimate of drug-likeness (QED) is 0.151. The lowest BCUT2D eigenvalue weighted by Crippen LogP contribution is -2.55. The number of esters is 3. The average Bonchev–Trinajstić information content (AvgIpc) is 3.52. The van der Waals surface area contributed by atoms with Crippen LogP contribution in [0, 0.1) is 5.92 Å². The molecule has 1 saturated heterocycles. The summed E-state index contributed by atoms with van der Waals surface area (Å²) in [6.45, 7) is 6.82. The summed E-state index contributed by atoms with van der Waals surface area (Å²) in [7, 11) is -4.34. The van der Waals surface area contributed by atoms with Gasteiger partial charge in [0.25, 0.3) is 0 Å². The molecule has 0 amide bonds. The maximum atomic E-state index is 14.4. The zero-order chi connectivity index (χ0) is 34.4. The molecule has 2 aromatic heterocycles. The number of carbonyl (C=O) groups is 3. The third kappa shape index (κ3) is 6.27. The Morgan fingerprint density at radius 1 is 1.10 bits per heavy atom. The van der Waals surface area contributed by atoms with E-state index in [0.29, 0.717) is 11.2 Å². The third-order valence-electron chi connectivity index (χ3n) is 9.32. The molecule has 0 spiro atoms. The molecule has 6 atom stereocenters. The second-order valence-corrected chi connectivity index (χ2v) is 14.5. The number of nitrogens with one attached hydrogen (secondary N) is 1. The normalized spacial score (nSPS) is 29.2. The predicted molar refractivity (Wildman–Crippen MR) is 170 cm³/mol. The molecular formula is C32H40N5O10P. The van der Waals surface area contributed by atoms with Crippen LogP contribution in [0.2, 0.25) is 0 Å². The topological polar surface area (TPSA) is 192 Å². The van der Waals surface area contributed by atoms with Gasteiger partial charge in [0.15, 0.2) is 18.0 Å². The summed E-state index contributed by atoms with van der Waals surface area (Å²) >= 11 is 0. The van der Waals surface area contributed by atoms with Gasteiger partial charge in [0.1, 0.15) is 35.3 Å². The molecule has 3 heterocycles. The van der Waals surface area contributed by atoms with E-state index in [4.69, 9.17) is 33.7 Å². The van der Waals surface area contributed by atoms with Crippen LogP contribution in [0.5, 0.6) is 5.75 Å². The highest BCUT2D eigenvalue weighted by Gasteiger charge is 2.59. The van der Waals surface area contributed by atoms with E-state index in [1.807, 2.05) is 12.1 Å². The number of hydrogen-bond donors (Lipinski definition) is 2. The van der Waals surface area contributed by atoms with Crippen molar-refractivity contribution in [1.29, 1.82) is 0 Å². The Balaban J connectivity index is 1.29. The van der Waals surface area contributed by atoms with E-state index in [1.54, 1.807) is 38.1 Å². The Labute approximate surface area is 277 Å². The second-order valence-electron chi connectivity index (χ2n) is 12.8. The Hall–Kier alpha value is -4.04. The van der Waals surface area contributed by atoms with E-state index in [0.717, 1.165) is 5.92 Å². The van der Waals surface area contributed by atoms with Crippen LogP contribution in [0.25, 0.3) is 5.52 Å². The number of carbonyl (C=O) groups excluding carboxylic acids is 3. The summed E-state index contributed by atoms with van der Waals surface area (Å²) < 4.78 is 50.7. The molecule has 15 nitrogen and oxygen atoms in total. The van der Waals surface area contributed by atoms with Crippen molar-refractivity contribution in [2.45, 2.75) is 89.3 Å². The van der Waals surface area contributed by atoms with Gasteiger partial charge in [-0.1, -0.05) is 12.1 Å². The lowest BCUT2D eigenvalue weighted by atomic mass is 9.42. The Bertz CT molecular complexity index is 1750. The van der Waals surface area contributed by atoms with Crippen molar-refractivity contribution >= 4 is 37.0 Å². The first kappa shape index (κ1) is 33.8. The minimum atomic E-state index is -4.34. The summed E-state index contributed by atoms with van der Waals surface area (Å²) in [5.41, 5.74) is 6.89. The first-order chi connectivity index (χ1) is 22.8. The number of anilines is 1. The molecule has 4 fully saturated rings. The first-order valence-corrected chi connectivity index (χ1v) is 17.4. The highest BCUT2D eigenvalue weighted by Crippen LogP contribution is 2.65.